The number of hydrogen-bond acceptors (Lipinski definition) is 6. The molecule has 0 saturated heterocycles. The van der Waals surface area contributed by atoms with Crippen molar-refractivity contribution in [1.82, 2.24) is 10.1 Å². The van der Waals surface area contributed by atoms with Crippen molar-refractivity contribution >= 4 is 25.8 Å². The van der Waals surface area contributed by atoms with Crippen LogP contribution in [0, 0.1) is 0 Å². The molecule has 0 unspecified atom stereocenters. The summed E-state index contributed by atoms with van der Waals surface area (Å²) in [6, 6.07) is 13.3. The molecule has 1 aliphatic rings. The van der Waals surface area contributed by atoms with Gasteiger partial charge in [0, 0.05) is 23.1 Å². The first kappa shape index (κ1) is 19.1. The molecule has 0 amide bonds. The normalized spacial score (nSPS) is 18.8. The predicted molar refractivity (Wildman–Crippen MR) is 107 cm³/mol. The number of sulfone groups is 1. The Morgan fingerprint density at radius 2 is 1.93 bits per heavy atom. The molecule has 0 aliphatic heterocycles. The smallest absolute Gasteiger partial charge is 0.230 e. The lowest BCUT2D eigenvalue weighted by atomic mass is 10.1. The van der Waals surface area contributed by atoms with Gasteiger partial charge < -0.3 is 9.26 Å². The van der Waals surface area contributed by atoms with E-state index in [-0.39, 0.29) is 10.8 Å². The third kappa shape index (κ3) is 3.98. The van der Waals surface area contributed by atoms with E-state index in [0.29, 0.717) is 29.8 Å². The number of nitrogens with zero attached hydrogens (tertiary/aromatic N) is 2. The van der Waals surface area contributed by atoms with Crippen molar-refractivity contribution < 1.29 is 17.7 Å². The first-order chi connectivity index (χ1) is 13.3. The van der Waals surface area contributed by atoms with Crippen LogP contribution in [-0.2, 0) is 16.3 Å². The highest BCUT2D eigenvalue weighted by Gasteiger charge is 2.43. The van der Waals surface area contributed by atoms with E-state index in [4.69, 9.17) is 9.26 Å². The first-order valence-corrected chi connectivity index (χ1v) is 11.5. The summed E-state index contributed by atoms with van der Waals surface area (Å²) in [7, 11) is -1.89. The number of aromatic nitrogens is 2. The van der Waals surface area contributed by atoms with Crippen molar-refractivity contribution in [1.29, 1.82) is 0 Å². The van der Waals surface area contributed by atoms with Crippen molar-refractivity contribution in [2.24, 2.45) is 0 Å². The Morgan fingerprint density at radius 3 is 2.61 bits per heavy atom. The second-order valence-corrected chi connectivity index (χ2v) is 9.88. The molecule has 0 bridgehead atoms. The van der Waals surface area contributed by atoms with E-state index < -0.39 is 9.84 Å². The molecule has 146 valence electrons. The highest BCUT2D eigenvalue weighted by atomic mass is 79.9. The fourth-order valence-corrected chi connectivity index (χ4v) is 4.43. The quantitative estimate of drug-likeness (QED) is 0.548. The van der Waals surface area contributed by atoms with Gasteiger partial charge in [0.15, 0.2) is 15.7 Å². The number of hydrogen-bond donors (Lipinski definition) is 0. The molecule has 4 rings (SSSR count). The second-order valence-electron chi connectivity index (χ2n) is 6.98. The largest absolute Gasteiger partial charge is 0.495 e. The Kier molecular flexibility index (Phi) is 5.01. The van der Waals surface area contributed by atoms with Gasteiger partial charge in [0.1, 0.15) is 10.6 Å². The average molecular weight is 463 g/mol. The molecule has 3 aromatic rings. The Bertz CT molecular complexity index is 1110. The van der Waals surface area contributed by atoms with Gasteiger partial charge in [-0.15, -0.1) is 0 Å². The van der Waals surface area contributed by atoms with Crippen LogP contribution in [0.15, 0.2) is 56.4 Å². The fourth-order valence-electron chi connectivity index (χ4n) is 3.35. The molecule has 2 atom stereocenters. The molecular formula is C20H19BrN2O4S. The van der Waals surface area contributed by atoms with E-state index in [2.05, 4.69) is 38.2 Å². The minimum atomic E-state index is -3.35. The fraction of sp³-hybridized carbons (Fsp3) is 0.300. The summed E-state index contributed by atoms with van der Waals surface area (Å²) in [6.45, 7) is 0. The van der Waals surface area contributed by atoms with Crippen LogP contribution in [0.3, 0.4) is 0 Å². The van der Waals surface area contributed by atoms with Crippen molar-refractivity contribution in [2.45, 2.75) is 29.6 Å². The lowest BCUT2D eigenvalue weighted by Crippen LogP contribution is -2.02. The molecule has 8 heteroatoms. The molecular weight excluding hydrogens is 444 g/mol. The summed E-state index contributed by atoms with van der Waals surface area (Å²) >= 11 is 3.45. The van der Waals surface area contributed by atoms with Crippen molar-refractivity contribution in [3.8, 4) is 5.75 Å². The van der Waals surface area contributed by atoms with Crippen LogP contribution in [0.5, 0.6) is 5.75 Å². The molecule has 0 spiro atoms. The molecule has 28 heavy (non-hydrogen) atoms. The summed E-state index contributed by atoms with van der Waals surface area (Å²) in [5.74, 6) is 2.22. The van der Waals surface area contributed by atoms with Gasteiger partial charge in [-0.1, -0.05) is 39.3 Å². The van der Waals surface area contributed by atoms with Gasteiger partial charge in [0.25, 0.3) is 0 Å². The lowest BCUT2D eigenvalue weighted by molar-refractivity contribution is 0.373. The zero-order valence-corrected chi connectivity index (χ0v) is 17.8. The van der Waals surface area contributed by atoms with Crippen molar-refractivity contribution in [3.05, 3.63) is 69.8 Å². The van der Waals surface area contributed by atoms with Gasteiger partial charge in [-0.3, -0.25) is 0 Å². The second kappa shape index (κ2) is 7.33. The Hall–Kier alpha value is -2.19. The van der Waals surface area contributed by atoms with Gasteiger partial charge in [-0.05, 0) is 47.7 Å². The number of ether oxygens (including phenoxy) is 1. The van der Waals surface area contributed by atoms with Gasteiger partial charge in [-0.2, -0.15) is 4.98 Å². The molecule has 0 N–H and O–H groups in total. The van der Waals surface area contributed by atoms with E-state index in [0.717, 1.165) is 22.7 Å². The summed E-state index contributed by atoms with van der Waals surface area (Å²) in [5.41, 5.74) is 2.13. The molecule has 1 aromatic heterocycles. The van der Waals surface area contributed by atoms with Crippen LogP contribution in [-0.4, -0.2) is 31.9 Å². The number of halogens is 1. The van der Waals surface area contributed by atoms with Crippen LogP contribution >= 0.6 is 15.9 Å². The maximum absolute atomic E-state index is 11.8. The monoisotopic (exact) mass is 462 g/mol. The Morgan fingerprint density at radius 1 is 1.18 bits per heavy atom. The van der Waals surface area contributed by atoms with Crippen LogP contribution in [0.4, 0.5) is 0 Å². The molecule has 2 aromatic carbocycles. The van der Waals surface area contributed by atoms with Gasteiger partial charge in [0.2, 0.25) is 5.89 Å². The molecule has 0 radical (unpaired) electrons. The molecule has 1 heterocycles. The highest BCUT2D eigenvalue weighted by molar-refractivity contribution is 9.10. The van der Waals surface area contributed by atoms with Gasteiger partial charge >= 0.3 is 0 Å². The highest BCUT2D eigenvalue weighted by Crippen LogP contribution is 2.54. The predicted octanol–water partition coefficient (Wildman–Crippen LogP) is 4.11. The zero-order chi connectivity index (χ0) is 19.9. The third-order valence-electron chi connectivity index (χ3n) is 4.88. The number of methoxy groups -OCH3 is 1. The van der Waals surface area contributed by atoms with Crippen LogP contribution in [0.2, 0.25) is 0 Å². The van der Waals surface area contributed by atoms with Crippen molar-refractivity contribution in [3.63, 3.8) is 0 Å². The van der Waals surface area contributed by atoms with E-state index >= 15 is 0 Å². The third-order valence-corrected chi connectivity index (χ3v) is 6.54. The molecule has 1 aliphatic carbocycles. The topological polar surface area (TPSA) is 82.3 Å². The van der Waals surface area contributed by atoms with Gasteiger partial charge in [-0.25, -0.2) is 8.42 Å². The zero-order valence-electron chi connectivity index (χ0n) is 15.4. The maximum Gasteiger partial charge on any atom is 0.230 e. The summed E-state index contributed by atoms with van der Waals surface area (Å²) < 4.78 is 35.4. The van der Waals surface area contributed by atoms with Crippen LogP contribution < -0.4 is 4.74 Å². The standard InChI is InChI=1S/C20H19BrN2O4S/c1-26-17-9-12(3-8-18(17)28(2,24)25)10-19-22-20(27-23-19)16-11-15(16)13-4-6-14(21)7-5-13/h3-9,15-16H,10-11H2,1-2H3/t15-,16+/m0/s1. The molecule has 1 fully saturated rings. The summed E-state index contributed by atoms with van der Waals surface area (Å²) in [6.07, 6.45) is 2.60. The van der Waals surface area contributed by atoms with Gasteiger partial charge in [0.05, 0.1) is 7.11 Å². The lowest BCUT2D eigenvalue weighted by Gasteiger charge is -2.08. The summed E-state index contributed by atoms with van der Waals surface area (Å²) in [5, 5.41) is 4.09. The van der Waals surface area contributed by atoms with E-state index in [1.807, 2.05) is 12.1 Å². The van der Waals surface area contributed by atoms with E-state index in [1.54, 1.807) is 18.2 Å². The van der Waals surface area contributed by atoms with E-state index in [1.165, 1.54) is 12.7 Å². The van der Waals surface area contributed by atoms with E-state index in [9.17, 15) is 8.42 Å². The number of rotatable bonds is 6. The first-order valence-electron chi connectivity index (χ1n) is 8.80. The van der Waals surface area contributed by atoms with Crippen LogP contribution in [0.1, 0.15) is 41.1 Å². The minimum absolute atomic E-state index is 0.169. The SMILES string of the molecule is COc1cc(Cc2noc([C@@H]3C[C@H]3c3ccc(Br)cc3)n2)ccc1S(C)(=O)=O. The molecule has 1 saturated carbocycles. The Labute approximate surface area is 172 Å². The molecule has 6 nitrogen and oxygen atoms in total. The Balaban J connectivity index is 1.48. The minimum Gasteiger partial charge on any atom is -0.495 e. The average Bonchev–Trinajstić information content (AvgIpc) is 3.32. The summed E-state index contributed by atoms with van der Waals surface area (Å²) in [4.78, 5) is 4.71. The van der Waals surface area contributed by atoms with Crippen molar-refractivity contribution in [2.75, 3.05) is 13.4 Å². The van der Waals surface area contributed by atoms with Crippen LogP contribution in [0.25, 0.3) is 0 Å². The maximum atomic E-state index is 11.8. The number of benzene rings is 2.